The van der Waals surface area contributed by atoms with Crippen LogP contribution in [0, 0.1) is 34.6 Å². The van der Waals surface area contributed by atoms with E-state index in [1.54, 1.807) is 0 Å². The number of amides is 1. The Kier molecular flexibility index (Phi) is 19.4. The maximum Gasteiger partial charge on any atom is 0.405 e. The summed E-state index contributed by atoms with van der Waals surface area (Å²) in [7, 11) is 0. The molecule has 0 unspecified atom stereocenters. The van der Waals surface area contributed by atoms with Crippen molar-refractivity contribution in [1.29, 1.82) is 0 Å². The number of hydrogen-bond donors (Lipinski definition) is 1. The Labute approximate surface area is 249 Å². The predicted molar refractivity (Wildman–Crippen MR) is 175 cm³/mol. The van der Waals surface area contributed by atoms with Gasteiger partial charge in [0.15, 0.2) is 0 Å². The lowest BCUT2D eigenvalue weighted by molar-refractivity contribution is -0.00648. The lowest BCUT2D eigenvalue weighted by Crippen LogP contribution is -2.37. The van der Waals surface area contributed by atoms with E-state index in [0.717, 1.165) is 25.7 Å². The van der Waals surface area contributed by atoms with E-state index in [1.807, 2.05) is 0 Å². The number of hydrogen-bond acceptors (Lipinski definition) is 2. The molecule has 0 radical (unpaired) electrons. The van der Waals surface area contributed by atoms with Crippen LogP contribution in [0.4, 0.5) is 4.79 Å². The highest BCUT2D eigenvalue weighted by molar-refractivity contribution is 5.66. The molecule has 0 fully saturated rings. The fourth-order valence-corrected chi connectivity index (χ4v) is 6.70. The Morgan fingerprint density at radius 3 is 1.07 bits per heavy atom. The molecule has 0 aliphatic carbocycles. The largest absolute Gasteiger partial charge is 0.438 e. The van der Waals surface area contributed by atoms with Gasteiger partial charge in [0.05, 0.1) is 0 Å². The molecule has 0 spiro atoms. The summed E-state index contributed by atoms with van der Waals surface area (Å²) in [5, 5.41) is 0. The average Bonchev–Trinajstić information content (AvgIpc) is 2.92. The first-order valence-electron chi connectivity index (χ1n) is 17.3. The predicted octanol–water partition coefficient (Wildman–Crippen LogP) is 12.1. The van der Waals surface area contributed by atoms with Crippen molar-refractivity contribution in [3.05, 3.63) is 33.4 Å². The molecule has 2 N–H and O–H groups in total. The van der Waals surface area contributed by atoms with Crippen molar-refractivity contribution in [2.24, 2.45) is 5.73 Å². The van der Waals surface area contributed by atoms with Gasteiger partial charge in [-0.05, 0) is 88.1 Å². The Bertz CT molecular complexity index is 775. The van der Waals surface area contributed by atoms with Crippen LogP contribution >= 0.6 is 0 Å². The van der Waals surface area contributed by atoms with E-state index in [2.05, 4.69) is 48.5 Å². The molecule has 232 valence electrons. The van der Waals surface area contributed by atoms with Gasteiger partial charge in [-0.3, -0.25) is 0 Å². The van der Waals surface area contributed by atoms with Gasteiger partial charge in [-0.15, -0.1) is 0 Å². The van der Waals surface area contributed by atoms with Crippen LogP contribution in [0.1, 0.15) is 188 Å². The first-order chi connectivity index (χ1) is 19.2. The van der Waals surface area contributed by atoms with Crippen LogP contribution in [0.25, 0.3) is 0 Å². The van der Waals surface area contributed by atoms with Crippen molar-refractivity contribution in [1.82, 2.24) is 0 Å². The van der Waals surface area contributed by atoms with Gasteiger partial charge < -0.3 is 10.5 Å². The van der Waals surface area contributed by atoms with Gasteiger partial charge in [0.25, 0.3) is 0 Å². The van der Waals surface area contributed by atoms with Gasteiger partial charge in [-0.25, -0.2) is 4.79 Å². The van der Waals surface area contributed by atoms with E-state index >= 15 is 0 Å². The zero-order valence-electron chi connectivity index (χ0n) is 28.0. The van der Waals surface area contributed by atoms with Crippen molar-refractivity contribution in [2.45, 2.75) is 195 Å². The summed E-state index contributed by atoms with van der Waals surface area (Å²) in [6.07, 6.45) is 27.1. The molecule has 3 heteroatoms. The molecular formula is C37H67NO2. The maximum atomic E-state index is 12.4. The normalized spacial score (nSPS) is 11.8. The minimum atomic E-state index is -0.631. The fraction of sp³-hybridized carbons (Fsp3) is 0.811. The highest BCUT2D eigenvalue weighted by Gasteiger charge is 2.38. The Balaban J connectivity index is 2.89. The molecule has 0 saturated heterocycles. The van der Waals surface area contributed by atoms with Gasteiger partial charge in [0, 0.05) is 5.56 Å². The molecule has 0 aliphatic rings. The summed E-state index contributed by atoms with van der Waals surface area (Å²) in [5.41, 5.74) is 13.0. The van der Waals surface area contributed by atoms with E-state index in [1.165, 1.54) is 149 Å². The zero-order chi connectivity index (χ0) is 29.8. The molecule has 40 heavy (non-hydrogen) atoms. The SMILES string of the molecule is CCCCCCCCCCCCC(CCCCCCCCCCCC)(OC(N)=O)c1c(C)c(C)c(C)c(C)c1C. The lowest BCUT2D eigenvalue weighted by Gasteiger charge is -2.38. The Morgan fingerprint density at radius 2 is 0.775 bits per heavy atom. The smallest absolute Gasteiger partial charge is 0.405 e. The van der Waals surface area contributed by atoms with Crippen LogP contribution in [0.5, 0.6) is 0 Å². The highest BCUT2D eigenvalue weighted by Crippen LogP contribution is 2.43. The summed E-state index contributed by atoms with van der Waals surface area (Å²) < 4.78 is 6.24. The first-order valence-corrected chi connectivity index (χ1v) is 17.3. The van der Waals surface area contributed by atoms with Crippen LogP contribution in [0.3, 0.4) is 0 Å². The van der Waals surface area contributed by atoms with E-state index < -0.39 is 11.7 Å². The molecule has 1 aromatic rings. The lowest BCUT2D eigenvalue weighted by atomic mass is 9.75. The first kappa shape index (κ1) is 36.5. The summed E-state index contributed by atoms with van der Waals surface area (Å²) >= 11 is 0. The Morgan fingerprint density at radius 1 is 0.500 bits per heavy atom. The van der Waals surface area contributed by atoms with Gasteiger partial charge in [0.1, 0.15) is 5.60 Å². The van der Waals surface area contributed by atoms with Gasteiger partial charge >= 0.3 is 6.09 Å². The monoisotopic (exact) mass is 558 g/mol. The molecule has 3 nitrogen and oxygen atoms in total. The van der Waals surface area contributed by atoms with E-state index in [-0.39, 0.29) is 0 Å². The molecule has 0 bridgehead atoms. The summed E-state index contributed by atoms with van der Waals surface area (Å²) in [6.45, 7) is 15.7. The van der Waals surface area contributed by atoms with Crippen LogP contribution in [-0.4, -0.2) is 6.09 Å². The highest BCUT2D eigenvalue weighted by atomic mass is 16.6. The maximum absolute atomic E-state index is 12.4. The van der Waals surface area contributed by atoms with E-state index in [4.69, 9.17) is 10.5 Å². The summed E-state index contributed by atoms with van der Waals surface area (Å²) in [5.74, 6) is 0. The third kappa shape index (κ3) is 13.0. The van der Waals surface area contributed by atoms with Crippen molar-refractivity contribution in [3.8, 4) is 0 Å². The molecule has 0 aliphatic heterocycles. The van der Waals surface area contributed by atoms with Gasteiger partial charge in [-0.2, -0.15) is 0 Å². The Hall–Kier alpha value is -1.51. The van der Waals surface area contributed by atoms with E-state index in [9.17, 15) is 4.79 Å². The molecule has 1 amide bonds. The fourth-order valence-electron chi connectivity index (χ4n) is 6.70. The number of benzene rings is 1. The topological polar surface area (TPSA) is 52.3 Å². The van der Waals surface area contributed by atoms with Crippen LogP contribution < -0.4 is 5.73 Å². The summed E-state index contributed by atoms with van der Waals surface area (Å²) in [4.78, 5) is 12.4. The second-order valence-electron chi connectivity index (χ2n) is 12.8. The number of nitrogens with two attached hydrogens (primary N) is 1. The quantitative estimate of drug-likeness (QED) is 0.128. The number of rotatable bonds is 24. The van der Waals surface area contributed by atoms with Gasteiger partial charge in [-0.1, -0.05) is 129 Å². The molecular weight excluding hydrogens is 490 g/mol. The second kappa shape index (κ2) is 21.2. The number of carbonyl (C=O) groups is 1. The van der Waals surface area contributed by atoms with Crippen molar-refractivity contribution in [3.63, 3.8) is 0 Å². The van der Waals surface area contributed by atoms with E-state index in [0.29, 0.717) is 0 Å². The van der Waals surface area contributed by atoms with Crippen molar-refractivity contribution in [2.75, 3.05) is 0 Å². The van der Waals surface area contributed by atoms with Crippen molar-refractivity contribution < 1.29 is 9.53 Å². The second-order valence-corrected chi connectivity index (χ2v) is 12.8. The minimum Gasteiger partial charge on any atom is -0.438 e. The summed E-state index contributed by atoms with van der Waals surface area (Å²) in [6, 6.07) is 0. The number of ether oxygens (including phenoxy) is 1. The van der Waals surface area contributed by atoms with Crippen LogP contribution in [0.2, 0.25) is 0 Å². The average molecular weight is 558 g/mol. The minimum absolute atomic E-state index is 0.622. The standard InChI is InChI=1S/C37H67NO2/c1-8-10-12-14-16-18-20-22-24-26-28-37(40-36(38)39,29-27-25-23-21-19-17-15-13-11-9-2)35-33(6)31(4)30(3)32(5)34(35)7/h8-29H2,1-7H3,(H2,38,39). The van der Waals surface area contributed by atoms with Crippen LogP contribution in [-0.2, 0) is 10.3 Å². The molecule has 0 aromatic heterocycles. The molecule has 1 rings (SSSR count). The number of unbranched alkanes of at least 4 members (excludes halogenated alkanes) is 18. The molecule has 0 saturated carbocycles. The number of primary amides is 1. The van der Waals surface area contributed by atoms with Gasteiger partial charge in [0.2, 0.25) is 0 Å². The molecule has 0 atom stereocenters. The third-order valence-corrected chi connectivity index (χ3v) is 9.62. The number of carbonyl (C=O) groups excluding carboxylic acids is 1. The van der Waals surface area contributed by atoms with Crippen LogP contribution in [0.15, 0.2) is 0 Å². The zero-order valence-corrected chi connectivity index (χ0v) is 28.0. The molecule has 0 heterocycles. The third-order valence-electron chi connectivity index (χ3n) is 9.62. The van der Waals surface area contributed by atoms with Crippen molar-refractivity contribution >= 4 is 6.09 Å². The molecule has 1 aromatic carbocycles.